The van der Waals surface area contributed by atoms with Gasteiger partial charge in [0, 0.05) is 7.11 Å². The Morgan fingerprint density at radius 3 is 2.75 bits per heavy atom. The van der Waals surface area contributed by atoms with Gasteiger partial charge in [-0.3, -0.25) is 0 Å². The number of aliphatic hydroxyl groups is 1. The highest BCUT2D eigenvalue weighted by Crippen LogP contribution is 2.30. The van der Waals surface area contributed by atoms with Crippen LogP contribution < -0.4 is 0 Å². The minimum absolute atomic E-state index is 0.221. The van der Waals surface area contributed by atoms with Crippen molar-refractivity contribution in [2.75, 3.05) is 7.11 Å². The number of methoxy groups -OCH3 is 1. The molecule has 0 fully saturated rings. The van der Waals surface area contributed by atoms with Gasteiger partial charge in [-0.2, -0.15) is 0 Å². The van der Waals surface area contributed by atoms with Gasteiger partial charge in [-0.25, -0.2) is 0 Å². The van der Waals surface area contributed by atoms with E-state index in [0.29, 0.717) is 5.02 Å². The molecule has 0 spiro atoms. The Morgan fingerprint density at radius 2 is 2.33 bits per heavy atom. The van der Waals surface area contributed by atoms with E-state index in [2.05, 4.69) is 0 Å². The van der Waals surface area contributed by atoms with Gasteiger partial charge >= 0.3 is 0 Å². The number of hydrogen-bond acceptors (Lipinski definition) is 3. The molecule has 1 aromatic heterocycles. The predicted octanol–water partition coefficient (Wildman–Crippen LogP) is 2.47. The summed E-state index contributed by atoms with van der Waals surface area (Å²) in [6, 6.07) is 1.77. The normalized spacial score (nSPS) is 16.0. The number of ether oxygens (including phenoxy) is 1. The Bertz CT molecular complexity index is 249. The first-order valence-corrected chi connectivity index (χ1v) is 4.86. The molecule has 4 heteroatoms. The highest BCUT2D eigenvalue weighted by Gasteiger charge is 2.19. The standard InChI is InChI=1S/C8H11ClO2S/c1-5(11-2)7(10)8-6(9)3-4-12-8/h3-5,7,10H,1-2H3. The van der Waals surface area contributed by atoms with Crippen LogP contribution in [0.4, 0.5) is 0 Å². The van der Waals surface area contributed by atoms with Crippen molar-refractivity contribution in [2.24, 2.45) is 0 Å². The topological polar surface area (TPSA) is 29.5 Å². The van der Waals surface area contributed by atoms with E-state index in [1.165, 1.54) is 11.3 Å². The highest BCUT2D eigenvalue weighted by molar-refractivity contribution is 7.10. The molecule has 0 saturated heterocycles. The van der Waals surface area contributed by atoms with Crippen molar-refractivity contribution < 1.29 is 9.84 Å². The molecule has 0 aromatic carbocycles. The average Bonchev–Trinajstić information content (AvgIpc) is 2.48. The largest absolute Gasteiger partial charge is 0.385 e. The molecule has 0 saturated carbocycles. The Hall–Kier alpha value is -0.0900. The monoisotopic (exact) mass is 206 g/mol. The Labute approximate surface area is 80.7 Å². The summed E-state index contributed by atoms with van der Waals surface area (Å²) in [7, 11) is 1.56. The van der Waals surface area contributed by atoms with E-state index in [9.17, 15) is 5.11 Å². The van der Waals surface area contributed by atoms with Crippen LogP contribution in [0.2, 0.25) is 5.02 Å². The molecule has 0 amide bonds. The van der Waals surface area contributed by atoms with E-state index in [4.69, 9.17) is 16.3 Å². The SMILES string of the molecule is COC(C)C(O)c1sccc1Cl. The van der Waals surface area contributed by atoms with E-state index in [0.717, 1.165) is 4.88 Å². The fraction of sp³-hybridized carbons (Fsp3) is 0.500. The molecule has 1 aromatic rings. The van der Waals surface area contributed by atoms with Crippen molar-refractivity contribution in [1.29, 1.82) is 0 Å². The van der Waals surface area contributed by atoms with Gasteiger partial charge in [0.25, 0.3) is 0 Å². The van der Waals surface area contributed by atoms with Gasteiger partial charge in [0.1, 0.15) is 6.10 Å². The maximum absolute atomic E-state index is 9.66. The first-order valence-electron chi connectivity index (χ1n) is 3.60. The first kappa shape index (κ1) is 9.99. The summed E-state index contributed by atoms with van der Waals surface area (Å²) < 4.78 is 4.99. The van der Waals surface area contributed by atoms with Gasteiger partial charge in [0.2, 0.25) is 0 Å². The first-order chi connectivity index (χ1) is 5.66. The zero-order valence-corrected chi connectivity index (χ0v) is 8.52. The third-order valence-electron chi connectivity index (χ3n) is 1.73. The van der Waals surface area contributed by atoms with Crippen LogP contribution in [-0.4, -0.2) is 18.3 Å². The number of aliphatic hydroxyl groups excluding tert-OH is 1. The quantitative estimate of drug-likeness (QED) is 0.824. The van der Waals surface area contributed by atoms with Crippen LogP contribution in [0.1, 0.15) is 17.9 Å². The molecule has 0 aliphatic rings. The minimum Gasteiger partial charge on any atom is -0.385 e. The second kappa shape index (κ2) is 4.23. The highest BCUT2D eigenvalue weighted by atomic mass is 35.5. The maximum Gasteiger partial charge on any atom is 0.115 e. The molecule has 0 aliphatic carbocycles. The number of rotatable bonds is 3. The third-order valence-corrected chi connectivity index (χ3v) is 3.16. The van der Waals surface area contributed by atoms with Gasteiger partial charge in [-0.05, 0) is 18.4 Å². The summed E-state index contributed by atoms with van der Waals surface area (Å²) in [5.74, 6) is 0. The lowest BCUT2D eigenvalue weighted by atomic mass is 10.2. The molecule has 12 heavy (non-hydrogen) atoms. The molecule has 2 atom stereocenters. The van der Waals surface area contributed by atoms with E-state index in [1.54, 1.807) is 20.1 Å². The van der Waals surface area contributed by atoms with Crippen molar-refractivity contribution in [2.45, 2.75) is 19.1 Å². The summed E-state index contributed by atoms with van der Waals surface area (Å²) >= 11 is 7.27. The molecule has 1 N–H and O–H groups in total. The average molecular weight is 207 g/mol. The van der Waals surface area contributed by atoms with E-state index < -0.39 is 6.10 Å². The zero-order valence-electron chi connectivity index (χ0n) is 6.95. The van der Waals surface area contributed by atoms with Crippen LogP contribution in [0.15, 0.2) is 11.4 Å². The van der Waals surface area contributed by atoms with Crippen molar-refractivity contribution in [3.63, 3.8) is 0 Å². The van der Waals surface area contributed by atoms with Gasteiger partial charge in [0.15, 0.2) is 0 Å². The zero-order chi connectivity index (χ0) is 9.14. The summed E-state index contributed by atoms with van der Waals surface area (Å²) in [6.45, 7) is 1.81. The molecule has 68 valence electrons. The van der Waals surface area contributed by atoms with E-state index in [-0.39, 0.29) is 6.10 Å². The van der Waals surface area contributed by atoms with Crippen LogP contribution in [0.3, 0.4) is 0 Å². The fourth-order valence-corrected chi connectivity index (χ4v) is 2.10. The number of hydrogen-bond donors (Lipinski definition) is 1. The lowest BCUT2D eigenvalue weighted by Gasteiger charge is -2.15. The van der Waals surface area contributed by atoms with Crippen LogP contribution in [0, 0.1) is 0 Å². The maximum atomic E-state index is 9.66. The Kier molecular flexibility index (Phi) is 3.53. The summed E-state index contributed by atoms with van der Waals surface area (Å²) in [4.78, 5) is 0.769. The van der Waals surface area contributed by atoms with Gasteiger partial charge < -0.3 is 9.84 Å². The van der Waals surface area contributed by atoms with E-state index in [1.807, 2.05) is 5.38 Å². The van der Waals surface area contributed by atoms with Crippen LogP contribution in [0.25, 0.3) is 0 Å². The molecule has 1 heterocycles. The van der Waals surface area contributed by atoms with Crippen LogP contribution in [0.5, 0.6) is 0 Å². The molecule has 0 aliphatic heterocycles. The molecule has 2 unspecified atom stereocenters. The van der Waals surface area contributed by atoms with Crippen LogP contribution >= 0.6 is 22.9 Å². The fourth-order valence-electron chi connectivity index (χ4n) is 0.859. The number of halogens is 1. The van der Waals surface area contributed by atoms with Gasteiger partial charge in [0.05, 0.1) is 16.0 Å². The Balaban J connectivity index is 2.77. The smallest absolute Gasteiger partial charge is 0.115 e. The summed E-state index contributed by atoms with van der Waals surface area (Å²) in [5.41, 5.74) is 0. The lowest BCUT2D eigenvalue weighted by Crippen LogP contribution is -2.15. The van der Waals surface area contributed by atoms with Crippen LogP contribution in [-0.2, 0) is 4.74 Å². The van der Waals surface area contributed by atoms with Crippen molar-refractivity contribution in [3.05, 3.63) is 21.3 Å². The molecular formula is C8H11ClO2S. The number of thiophene rings is 1. The molecule has 0 bridgehead atoms. The van der Waals surface area contributed by atoms with E-state index >= 15 is 0 Å². The Morgan fingerprint density at radius 1 is 1.67 bits per heavy atom. The second-order valence-corrected chi connectivity index (χ2v) is 3.87. The predicted molar refractivity (Wildman–Crippen MR) is 50.8 cm³/mol. The summed E-state index contributed by atoms with van der Waals surface area (Å²) in [6.07, 6.45) is -0.844. The molecule has 1 rings (SSSR count). The van der Waals surface area contributed by atoms with Crippen molar-refractivity contribution in [3.8, 4) is 0 Å². The second-order valence-electron chi connectivity index (χ2n) is 2.52. The molecule has 2 nitrogen and oxygen atoms in total. The van der Waals surface area contributed by atoms with Crippen molar-refractivity contribution >= 4 is 22.9 Å². The van der Waals surface area contributed by atoms with Gasteiger partial charge in [-0.1, -0.05) is 11.6 Å². The summed E-state index contributed by atoms with van der Waals surface area (Å²) in [5, 5.41) is 12.1. The molecular weight excluding hydrogens is 196 g/mol. The molecule has 0 radical (unpaired) electrons. The minimum atomic E-state index is -0.623. The van der Waals surface area contributed by atoms with Crippen molar-refractivity contribution in [1.82, 2.24) is 0 Å². The van der Waals surface area contributed by atoms with Gasteiger partial charge in [-0.15, -0.1) is 11.3 Å². The lowest BCUT2D eigenvalue weighted by molar-refractivity contribution is 0.000476. The third kappa shape index (κ3) is 1.98.